The molecule has 1 aliphatic rings. The molecule has 1 heterocycles. The van der Waals surface area contributed by atoms with Gasteiger partial charge in [0.25, 0.3) is 0 Å². The molecule has 0 radical (unpaired) electrons. The Labute approximate surface area is 133 Å². The zero-order valence-corrected chi connectivity index (χ0v) is 13.9. The number of rotatable bonds is 5. The van der Waals surface area contributed by atoms with Crippen molar-refractivity contribution in [3.05, 3.63) is 35.4 Å². The van der Waals surface area contributed by atoms with Gasteiger partial charge in [-0.1, -0.05) is 24.3 Å². The molecule has 0 aliphatic carbocycles. The van der Waals surface area contributed by atoms with Gasteiger partial charge < -0.3 is 15.8 Å². The maximum atomic E-state index is 5.84. The monoisotopic (exact) mass is 304 g/mol. The van der Waals surface area contributed by atoms with Gasteiger partial charge in [-0.05, 0) is 31.9 Å². The van der Waals surface area contributed by atoms with Crippen LogP contribution in [0.5, 0.6) is 0 Å². The molecule has 0 amide bonds. The van der Waals surface area contributed by atoms with Gasteiger partial charge in [-0.2, -0.15) is 0 Å². The highest BCUT2D eigenvalue weighted by Gasteiger charge is 2.16. The van der Waals surface area contributed by atoms with Crippen molar-refractivity contribution < 1.29 is 4.74 Å². The van der Waals surface area contributed by atoms with Crippen molar-refractivity contribution in [2.45, 2.75) is 46.0 Å². The van der Waals surface area contributed by atoms with E-state index in [0.717, 1.165) is 26.2 Å². The van der Waals surface area contributed by atoms with Crippen molar-refractivity contribution in [3.63, 3.8) is 0 Å². The number of ether oxygens (including phenoxy) is 1. The molecule has 1 aromatic carbocycles. The Balaban J connectivity index is 1.92. The van der Waals surface area contributed by atoms with Gasteiger partial charge in [-0.15, -0.1) is 0 Å². The van der Waals surface area contributed by atoms with E-state index < -0.39 is 0 Å². The largest absolute Gasteiger partial charge is 0.376 e. The van der Waals surface area contributed by atoms with Gasteiger partial charge in [-0.25, -0.2) is 4.99 Å². The third-order valence-corrected chi connectivity index (χ3v) is 3.59. The number of nitrogens with one attached hydrogen (secondary N) is 1. The van der Waals surface area contributed by atoms with E-state index in [0.29, 0.717) is 24.7 Å². The third-order valence-electron chi connectivity index (χ3n) is 3.59. The summed E-state index contributed by atoms with van der Waals surface area (Å²) in [4.78, 5) is 6.82. The smallest absolute Gasteiger partial charge is 0.189 e. The fourth-order valence-electron chi connectivity index (χ4n) is 2.64. The lowest BCUT2D eigenvalue weighted by molar-refractivity contribution is -0.0212. The van der Waals surface area contributed by atoms with E-state index in [4.69, 9.17) is 10.5 Å². The van der Waals surface area contributed by atoms with Crippen LogP contribution in [0, 0.1) is 0 Å². The van der Waals surface area contributed by atoms with E-state index in [1.807, 2.05) is 13.8 Å². The molecule has 1 atom stereocenters. The van der Waals surface area contributed by atoms with Crippen molar-refractivity contribution in [3.8, 4) is 0 Å². The van der Waals surface area contributed by atoms with Crippen LogP contribution in [-0.4, -0.2) is 42.7 Å². The number of nitrogens with two attached hydrogens (primary N) is 1. The molecule has 1 aromatic rings. The number of morpholine rings is 1. The maximum absolute atomic E-state index is 5.84. The zero-order chi connectivity index (χ0) is 15.9. The molecule has 1 fully saturated rings. The molecule has 1 unspecified atom stereocenters. The fourth-order valence-corrected chi connectivity index (χ4v) is 2.64. The summed E-state index contributed by atoms with van der Waals surface area (Å²) in [5.41, 5.74) is 8.35. The molecule has 122 valence electrons. The molecule has 0 aromatic heterocycles. The Morgan fingerprint density at radius 1 is 1.45 bits per heavy atom. The van der Waals surface area contributed by atoms with Crippen molar-refractivity contribution in [2.24, 2.45) is 10.7 Å². The summed E-state index contributed by atoms with van der Waals surface area (Å²) in [6, 6.07) is 8.88. The second kappa shape index (κ2) is 8.15. The highest BCUT2D eigenvalue weighted by molar-refractivity contribution is 5.78. The summed E-state index contributed by atoms with van der Waals surface area (Å²) < 4.78 is 5.59. The summed E-state index contributed by atoms with van der Waals surface area (Å²) in [6.45, 7) is 10.6. The number of nitrogens with zero attached hydrogens (tertiary/aromatic N) is 2. The molecule has 5 heteroatoms. The minimum atomic E-state index is 0.304. The van der Waals surface area contributed by atoms with Gasteiger partial charge in [0.15, 0.2) is 5.96 Å². The molecule has 2 rings (SSSR count). The number of hydrogen-bond acceptors (Lipinski definition) is 3. The molecule has 0 saturated carbocycles. The molecule has 1 saturated heterocycles. The highest BCUT2D eigenvalue weighted by Crippen LogP contribution is 2.12. The lowest BCUT2D eigenvalue weighted by Crippen LogP contribution is -2.40. The van der Waals surface area contributed by atoms with Crippen molar-refractivity contribution >= 4 is 5.96 Å². The molecule has 3 N–H and O–H groups in total. The van der Waals surface area contributed by atoms with Crippen LogP contribution >= 0.6 is 0 Å². The van der Waals surface area contributed by atoms with E-state index in [1.165, 1.54) is 11.1 Å². The van der Waals surface area contributed by atoms with Gasteiger partial charge in [-0.3, -0.25) is 4.90 Å². The molecule has 22 heavy (non-hydrogen) atoms. The molecular weight excluding hydrogens is 276 g/mol. The average Bonchev–Trinajstić information content (AvgIpc) is 2.45. The van der Waals surface area contributed by atoms with Crippen LogP contribution in [0.4, 0.5) is 0 Å². The van der Waals surface area contributed by atoms with Gasteiger partial charge in [0.1, 0.15) is 0 Å². The first-order valence-electron chi connectivity index (χ1n) is 8.01. The molecular formula is C17H28N4O. The minimum Gasteiger partial charge on any atom is -0.376 e. The molecule has 0 spiro atoms. The Bertz CT molecular complexity index is 501. The van der Waals surface area contributed by atoms with E-state index >= 15 is 0 Å². The average molecular weight is 304 g/mol. The van der Waals surface area contributed by atoms with Crippen LogP contribution in [0.3, 0.4) is 0 Å². The fraction of sp³-hybridized carbons (Fsp3) is 0.588. The SMILES string of the molecule is CC(C)NC(N)=NCc1cccc(CN2CCOC(C)C2)c1. The maximum Gasteiger partial charge on any atom is 0.189 e. The van der Waals surface area contributed by atoms with Gasteiger partial charge in [0, 0.05) is 25.7 Å². The molecule has 0 bridgehead atoms. The lowest BCUT2D eigenvalue weighted by atomic mass is 10.1. The third kappa shape index (κ3) is 5.66. The highest BCUT2D eigenvalue weighted by atomic mass is 16.5. The normalized spacial score (nSPS) is 20.4. The topological polar surface area (TPSA) is 62.9 Å². The predicted octanol–water partition coefficient (Wildman–Crippen LogP) is 1.72. The second-order valence-electron chi connectivity index (χ2n) is 6.24. The number of benzene rings is 1. The van der Waals surface area contributed by atoms with E-state index in [9.17, 15) is 0 Å². The van der Waals surface area contributed by atoms with E-state index in [2.05, 4.69) is 46.4 Å². The van der Waals surface area contributed by atoms with Crippen LogP contribution in [-0.2, 0) is 17.8 Å². The number of aliphatic imine (C=N–C) groups is 1. The predicted molar refractivity (Wildman–Crippen MR) is 90.7 cm³/mol. The van der Waals surface area contributed by atoms with Gasteiger partial charge in [0.05, 0.1) is 19.3 Å². The van der Waals surface area contributed by atoms with Crippen molar-refractivity contribution in [2.75, 3.05) is 19.7 Å². The molecule has 5 nitrogen and oxygen atoms in total. The van der Waals surface area contributed by atoms with Gasteiger partial charge >= 0.3 is 0 Å². The Morgan fingerprint density at radius 2 is 2.23 bits per heavy atom. The summed E-state index contributed by atoms with van der Waals surface area (Å²) in [7, 11) is 0. The zero-order valence-electron chi connectivity index (χ0n) is 13.9. The quantitative estimate of drug-likeness (QED) is 0.642. The minimum absolute atomic E-state index is 0.304. The lowest BCUT2D eigenvalue weighted by Gasteiger charge is -2.31. The summed E-state index contributed by atoms with van der Waals surface area (Å²) >= 11 is 0. The number of guanidine groups is 1. The van der Waals surface area contributed by atoms with Crippen LogP contribution in [0.25, 0.3) is 0 Å². The first kappa shape index (κ1) is 16.8. The summed E-state index contributed by atoms with van der Waals surface area (Å²) in [5, 5.41) is 3.10. The summed E-state index contributed by atoms with van der Waals surface area (Å²) in [6.07, 6.45) is 0.323. The summed E-state index contributed by atoms with van der Waals surface area (Å²) in [5.74, 6) is 0.502. The second-order valence-corrected chi connectivity index (χ2v) is 6.24. The van der Waals surface area contributed by atoms with E-state index in [1.54, 1.807) is 0 Å². The van der Waals surface area contributed by atoms with E-state index in [-0.39, 0.29) is 0 Å². The first-order valence-corrected chi connectivity index (χ1v) is 8.01. The van der Waals surface area contributed by atoms with Crippen LogP contribution in [0.2, 0.25) is 0 Å². The first-order chi connectivity index (χ1) is 10.5. The molecule has 1 aliphatic heterocycles. The van der Waals surface area contributed by atoms with Crippen LogP contribution in [0.1, 0.15) is 31.9 Å². The van der Waals surface area contributed by atoms with Crippen molar-refractivity contribution in [1.82, 2.24) is 10.2 Å². The Kier molecular flexibility index (Phi) is 6.21. The Morgan fingerprint density at radius 3 is 2.95 bits per heavy atom. The number of hydrogen-bond donors (Lipinski definition) is 2. The van der Waals surface area contributed by atoms with Crippen molar-refractivity contribution in [1.29, 1.82) is 0 Å². The van der Waals surface area contributed by atoms with Crippen LogP contribution < -0.4 is 11.1 Å². The standard InChI is InChI=1S/C17H28N4O/c1-13(2)20-17(18)19-10-15-5-4-6-16(9-15)12-21-7-8-22-14(3)11-21/h4-6,9,13-14H,7-8,10-12H2,1-3H3,(H3,18,19,20). The Hall–Kier alpha value is -1.59. The van der Waals surface area contributed by atoms with Gasteiger partial charge in [0.2, 0.25) is 0 Å². The van der Waals surface area contributed by atoms with Crippen LogP contribution in [0.15, 0.2) is 29.3 Å².